The van der Waals surface area contributed by atoms with Crippen LogP contribution in [0.2, 0.25) is 5.15 Å². The van der Waals surface area contributed by atoms with Crippen molar-refractivity contribution in [1.29, 1.82) is 0 Å². The zero-order valence-corrected chi connectivity index (χ0v) is 17.4. The Labute approximate surface area is 174 Å². The summed E-state index contributed by atoms with van der Waals surface area (Å²) in [4.78, 5) is 16.3. The molecule has 2 saturated heterocycles. The maximum atomic E-state index is 6.46. The molecule has 1 spiro atoms. The van der Waals surface area contributed by atoms with Crippen LogP contribution in [0.5, 0.6) is 5.75 Å². The van der Waals surface area contributed by atoms with Crippen molar-refractivity contribution >= 4 is 28.3 Å². The Hall–Kier alpha value is -2.45. The molecule has 3 aromatic rings. The molecule has 152 valence electrons. The number of anilines is 1. The zero-order chi connectivity index (χ0) is 20.0. The van der Waals surface area contributed by atoms with E-state index in [0.717, 1.165) is 61.5 Å². The number of rotatable bonds is 3. The van der Waals surface area contributed by atoms with Gasteiger partial charge in [-0.05, 0) is 38.1 Å². The first-order chi connectivity index (χ1) is 14.1. The fourth-order valence-electron chi connectivity index (χ4n) is 4.56. The summed E-state index contributed by atoms with van der Waals surface area (Å²) < 4.78 is 5.61. The van der Waals surface area contributed by atoms with Crippen LogP contribution in [0.3, 0.4) is 0 Å². The molecule has 9 heteroatoms. The summed E-state index contributed by atoms with van der Waals surface area (Å²) in [5.41, 5.74) is 2.80. The summed E-state index contributed by atoms with van der Waals surface area (Å²) in [6.07, 6.45) is 6.94. The normalized spacial score (nSPS) is 18.7. The molecular formula is C20H24ClN7O. The average Bonchev–Trinajstić information content (AvgIpc) is 3.38. The number of fused-ring (bicyclic) bond motifs is 1. The van der Waals surface area contributed by atoms with Crippen LogP contribution in [0.15, 0.2) is 12.4 Å². The number of hydrogen-bond donors (Lipinski definition) is 2. The second-order valence-corrected chi connectivity index (χ2v) is 8.39. The van der Waals surface area contributed by atoms with E-state index in [-0.39, 0.29) is 0 Å². The van der Waals surface area contributed by atoms with Gasteiger partial charge in [-0.1, -0.05) is 11.6 Å². The quantitative estimate of drug-likeness (QED) is 0.637. The molecule has 0 saturated carbocycles. The van der Waals surface area contributed by atoms with E-state index in [1.165, 1.54) is 6.42 Å². The molecule has 2 fully saturated rings. The summed E-state index contributed by atoms with van der Waals surface area (Å²) in [5, 5.41) is 11.8. The number of halogens is 1. The van der Waals surface area contributed by atoms with E-state index in [1.54, 1.807) is 19.5 Å². The molecule has 0 bridgehead atoms. The van der Waals surface area contributed by atoms with Crippen molar-refractivity contribution in [2.24, 2.45) is 5.41 Å². The Balaban J connectivity index is 1.64. The Morgan fingerprint density at radius 2 is 2.00 bits per heavy atom. The number of aromatic amines is 1. The van der Waals surface area contributed by atoms with Crippen molar-refractivity contribution < 1.29 is 4.74 Å². The van der Waals surface area contributed by atoms with Crippen LogP contribution < -0.4 is 15.0 Å². The van der Waals surface area contributed by atoms with Crippen molar-refractivity contribution in [3.63, 3.8) is 0 Å². The van der Waals surface area contributed by atoms with Gasteiger partial charge in [-0.25, -0.2) is 15.0 Å². The van der Waals surface area contributed by atoms with E-state index in [0.29, 0.717) is 27.7 Å². The zero-order valence-electron chi connectivity index (χ0n) is 16.6. The lowest BCUT2D eigenvalue weighted by Crippen LogP contribution is -2.41. The number of ether oxygens (including phenoxy) is 1. The predicted molar refractivity (Wildman–Crippen MR) is 113 cm³/mol. The van der Waals surface area contributed by atoms with Gasteiger partial charge in [-0.3, -0.25) is 5.10 Å². The molecule has 0 radical (unpaired) electrons. The van der Waals surface area contributed by atoms with E-state index in [1.807, 2.05) is 6.92 Å². The number of nitrogens with zero attached hydrogens (tertiary/aromatic N) is 5. The predicted octanol–water partition coefficient (Wildman–Crippen LogP) is 2.97. The highest BCUT2D eigenvalue weighted by Crippen LogP contribution is 2.42. The number of aryl methyl sites for hydroxylation is 1. The maximum Gasteiger partial charge on any atom is 0.165 e. The molecule has 5 rings (SSSR count). The first-order valence-electron chi connectivity index (χ1n) is 9.96. The number of pyridine rings is 1. The smallest absolute Gasteiger partial charge is 0.165 e. The third kappa shape index (κ3) is 3.11. The first kappa shape index (κ1) is 18.6. The molecule has 0 aromatic carbocycles. The van der Waals surface area contributed by atoms with Crippen molar-refractivity contribution in [1.82, 2.24) is 30.5 Å². The van der Waals surface area contributed by atoms with Gasteiger partial charge in [0.1, 0.15) is 17.1 Å². The van der Waals surface area contributed by atoms with E-state index >= 15 is 0 Å². The lowest BCUT2D eigenvalue weighted by molar-refractivity contribution is 0.247. The minimum Gasteiger partial charge on any atom is -0.494 e. The van der Waals surface area contributed by atoms with Crippen LogP contribution in [0.4, 0.5) is 5.82 Å². The minimum atomic E-state index is 0.348. The fraction of sp³-hybridized carbons (Fsp3) is 0.500. The molecule has 2 aliphatic heterocycles. The molecule has 2 N–H and O–H groups in total. The Morgan fingerprint density at radius 3 is 2.66 bits per heavy atom. The summed E-state index contributed by atoms with van der Waals surface area (Å²) in [5.74, 6) is 2.09. The molecule has 0 atom stereocenters. The van der Waals surface area contributed by atoms with Crippen LogP contribution in [-0.4, -0.2) is 58.4 Å². The van der Waals surface area contributed by atoms with Crippen molar-refractivity contribution in [3.05, 3.63) is 23.2 Å². The van der Waals surface area contributed by atoms with Gasteiger partial charge in [0.05, 0.1) is 30.5 Å². The second kappa shape index (κ2) is 7.11. The van der Waals surface area contributed by atoms with Crippen molar-refractivity contribution in [2.45, 2.75) is 26.2 Å². The highest BCUT2D eigenvalue weighted by molar-refractivity contribution is 6.34. The van der Waals surface area contributed by atoms with Crippen molar-refractivity contribution in [3.8, 4) is 17.1 Å². The summed E-state index contributed by atoms with van der Waals surface area (Å²) >= 11 is 6.46. The van der Waals surface area contributed by atoms with Crippen LogP contribution in [0.1, 0.15) is 25.0 Å². The molecule has 0 aliphatic carbocycles. The summed E-state index contributed by atoms with van der Waals surface area (Å²) in [6.45, 7) is 6.08. The highest BCUT2D eigenvalue weighted by atomic mass is 35.5. The molecule has 29 heavy (non-hydrogen) atoms. The van der Waals surface area contributed by atoms with E-state index in [4.69, 9.17) is 26.3 Å². The number of piperidine rings is 1. The van der Waals surface area contributed by atoms with Crippen LogP contribution >= 0.6 is 11.6 Å². The molecule has 2 aliphatic rings. The van der Waals surface area contributed by atoms with E-state index < -0.39 is 0 Å². The van der Waals surface area contributed by atoms with Gasteiger partial charge in [-0.2, -0.15) is 5.10 Å². The standard InChI is InChI=1S/C20H24ClN7O/c1-12-13(9-24-27-12)18-25-16-15(14(29-2)10-23-17(16)21)19(26-18)28-7-4-20(5-8-28)3-6-22-11-20/h9-10,22H,3-8,11H2,1-2H3,(H,24,27). The number of methoxy groups -OCH3 is 1. The summed E-state index contributed by atoms with van der Waals surface area (Å²) in [7, 11) is 1.64. The van der Waals surface area contributed by atoms with Gasteiger partial charge >= 0.3 is 0 Å². The number of H-pyrrole nitrogens is 1. The van der Waals surface area contributed by atoms with Gasteiger partial charge < -0.3 is 15.0 Å². The molecule has 0 unspecified atom stereocenters. The monoisotopic (exact) mass is 413 g/mol. The van der Waals surface area contributed by atoms with Gasteiger partial charge in [0.25, 0.3) is 0 Å². The molecular weight excluding hydrogens is 390 g/mol. The maximum absolute atomic E-state index is 6.46. The van der Waals surface area contributed by atoms with Crippen molar-refractivity contribution in [2.75, 3.05) is 38.2 Å². The summed E-state index contributed by atoms with van der Waals surface area (Å²) in [6, 6.07) is 0. The van der Waals surface area contributed by atoms with Gasteiger partial charge in [-0.15, -0.1) is 0 Å². The molecule has 5 heterocycles. The third-order valence-electron chi connectivity index (χ3n) is 6.37. The molecule has 8 nitrogen and oxygen atoms in total. The topological polar surface area (TPSA) is 91.9 Å². The first-order valence-corrected chi connectivity index (χ1v) is 10.3. The Morgan fingerprint density at radius 1 is 1.17 bits per heavy atom. The van der Waals surface area contributed by atoms with Gasteiger partial charge in [0.15, 0.2) is 11.0 Å². The number of hydrogen-bond acceptors (Lipinski definition) is 7. The van der Waals surface area contributed by atoms with Gasteiger partial charge in [0.2, 0.25) is 0 Å². The largest absolute Gasteiger partial charge is 0.494 e. The van der Waals surface area contributed by atoms with Crippen LogP contribution in [-0.2, 0) is 0 Å². The van der Waals surface area contributed by atoms with Crippen LogP contribution in [0, 0.1) is 12.3 Å². The molecule has 0 amide bonds. The molecule has 3 aromatic heterocycles. The van der Waals surface area contributed by atoms with E-state index in [9.17, 15) is 0 Å². The third-order valence-corrected chi connectivity index (χ3v) is 6.65. The van der Waals surface area contributed by atoms with Crippen LogP contribution in [0.25, 0.3) is 22.3 Å². The average molecular weight is 414 g/mol. The Bertz CT molecular complexity index is 1050. The number of aromatic nitrogens is 5. The Kier molecular flexibility index (Phi) is 4.55. The lowest BCUT2D eigenvalue weighted by Gasteiger charge is -2.39. The number of nitrogens with one attached hydrogen (secondary N) is 2. The van der Waals surface area contributed by atoms with E-state index in [2.05, 4.69) is 25.4 Å². The van der Waals surface area contributed by atoms with Gasteiger partial charge in [0, 0.05) is 25.3 Å². The second-order valence-electron chi connectivity index (χ2n) is 8.03. The SMILES string of the molecule is COc1cnc(Cl)c2nc(-c3cn[nH]c3C)nc(N3CCC4(CCNC4)CC3)c12. The minimum absolute atomic E-state index is 0.348. The fourth-order valence-corrected chi connectivity index (χ4v) is 4.75. The highest BCUT2D eigenvalue weighted by Gasteiger charge is 2.38. The lowest BCUT2D eigenvalue weighted by atomic mass is 9.78.